The summed E-state index contributed by atoms with van der Waals surface area (Å²) in [5, 5.41) is 6.05. The summed E-state index contributed by atoms with van der Waals surface area (Å²) in [6.07, 6.45) is 0.472. The van der Waals surface area contributed by atoms with Crippen molar-refractivity contribution in [2.24, 2.45) is 0 Å². The molecule has 17 heavy (non-hydrogen) atoms. The summed E-state index contributed by atoms with van der Waals surface area (Å²) in [5.41, 5.74) is 0.791. The summed E-state index contributed by atoms with van der Waals surface area (Å²) in [6.45, 7) is 4.89. The van der Waals surface area contributed by atoms with E-state index in [9.17, 15) is 4.79 Å². The molecule has 0 heterocycles. The van der Waals surface area contributed by atoms with Crippen LogP contribution in [-0.4, -0.2) is 25.6 Å². The lowest BCUT2D eigenvalue weighted by Gasteiger charge is -2.12. The molecule has 1 aromatic carbocycles. The lowest BCUT2D eigenvalue weighted by Crippen LogP contribution is -2.30. The Morgan fingerprint density at radius 2 is 2.00 bits per heavy atom. The van der Waals surface area contributed by atoms with Gasteiger partial charge >= 0.3 is 0 Å². The Balaban J connectivity index is 2.44. The Hall–Kier alpha value is -1.55. The predicted molar refractivity (Wildman–Crippen MR) is 69.4 cm³/mol. The summed E-state index contributed by atoms with van der Waals surface area (Å²) in [4.78, 5) is 11.7. The van der Waals surface area contributed by atoms with Crippen molar-refractivity contribution in [3.05, 3.63) is 24.3 Å². The zero-order valence-corrected chi connectivity index (χ0v) is 10.6. The summed E-state index contributed by atoms with van der Waals surface area (Å²) in [7, 11) is 1.62. The van der Waals surface area contributed by atoms with Crippen LogP contribution in [0.25, 0.3) is 0 Å². The summed E-state index contributed by atoms with van der Waals surface area (Å²) in [6, 6.07) is 7.49. The van der Waals surface area contributed by atoms with Crippen molar-refractivity contribution < 1.29 is 9.53 Å². The van der Waals surface area contributed by atoms with Gasteiger partial charge in [-0.15, -0.1) is 0 Å². The van der Waals surface area contributed by atoms with E-state index in [1.807, 2.05) is 38.1 Å². The third kappa shape index (κ3) is 4.87. The number of rotatable bonds is 6. The van der Waals surface area contributed by atoms with E-state index in [0.29, 0.717) is 6.42 Å². The fourth-order valence-electron chi connectivity index (χ4n) is 1.59. The number of amides is 1. The average molecular weight is 236 g/mol. The summed E-state index contributed by atoms with van der Waals surface area (Å²) < 4.78 is 5.05. The molecule has 0 saturated heterocycles. The number of methoxy groups -OCH3 is 1. The largest absolute Gasteiger partial charge is 0.497 e. The number of hydrogen-bond donors (Lipinski definition) is 2. The number of carbonyl (C=O) groups excluding carboxylic acids is 1. The van der Waals surface area contributed by atoms with E-state index < -0.39 is 0 Å². The molecule has 1 aromatic rings. The van der Waals surface area contributed by atoms with Gasteiger partial charge in [-0.05, 0) is 37.7 Å². The fourth-order valence-corrected chi connectivity index (χ4v) is 1.59. The normalized spacial score (nSPS) is 11.9. The zero-order valence-electron chi connectivity index (χ0n) is 10.6. The second-order valence-corrected chi connectivity index (χ2v) is 3.94. The third-order valence-electron chi connectivity index (χ3n) is 2.42. The monoisotopic (exact) mass is 236 g/mol. The Morgan fingerprint density at radius 1 is 1.35 bits per heavy atom. The van der Waals surface area contributed by atoms with E-state index in [0.717, 1.165) is 18.0 Å². The van der Waals surface area contributed by atoms with Crippen LogP contribution in [0.2, 0.25) is 0 Å². The smallest absolute Gasteiger partial charge is 0.225 e. The molecule has 0 fully saturated rings. The minimum absolute atomic E-state index is 0.0172. The van der Waals surface area contributed by atoms with Crippen LogP contribution in [0.3, 0.4) is 0 Å². The highest BCUT2D eigenvalue weighted by molar-refractivity contribution is 5.91. The van der Waals surface area contributed by atoms with Gasteiger partial charge in [0.25, 0.3) is 0 Å². The maximum absolute atomic E-state index is 11.7. The average Bonchev–Trinajstić information content (AvgIpc) is 2.30. The van der Waals surface area contributed by atoms with Crippen molar-refractivity contribution in [1.29, 1.82) is 0 Å². The first-order valence-electron chi connectivity index (χ1n) is 5.83. The van der Waals surface area contributed by atoms with E-state index in [1.165, 1.54) is 0 Å². The minimum atomic E-state index is 0.0172. The molecule has 1 rings (SSSR count). The van der Waals surface area contributed by atoms with Gasteiger partial charge in [-0.2, -0.15) is 0 Å². The van der Waals surface area contributed by atoms with Crippen molar-refractivity contribution in [3.63, 3.8) is 0 Å². The molecule has 0 aliphatic heterocycles. The first-order chi connectivity index (χ1) is 8.15. The summed E-state index contributed by atoms with van der Waals surface area (Å²) >= 11 is 0. The second-order valence-electron chi connectivity index (χ2n) is 3.94. The van der Waals surface area contributed by atoms with Crippen LogP contribution in [0.5, 0.6) is 5.75 Å². The van der Waals surface area contributed by atoms with Crippen LogP contribution in [0.4, 0.5) is 5.69 Å². The maximum atomic E-state index is 11.7. The molecular weight excluding hydrogens is 216 g/mol. The highest BCUT2D eigenvalue weighted by Gasteiger charge is 2.07. The third-order valence-corrected chi connectivity index (χ3v) is 2.42. The van der Waals surface area contributed by atoms with Gasteiger partial charge in [-0.3, -0.25) is 4.79 Å². The van der Waals surface area contributed by atoms with Gasteiger partial charge in [0.15, 0.2) is 0 Å². The highest BCUT2D eigenvalue weighted by atomic mass is 16.5. The number of anilines is 1. The fraction of sp³-hybridized carbons (Fsp3) is 0.462. The Kier molecular flexibility index (Phi) is 5.49. The second kappa shape index (κ2) is 6.91. The maximum Gasteiger partial charge on any atom is 0.225 e. The first-order valence-corrected chi connectivity index (χ1v) is 5.83. The molecule has 0 aromatic heterocycles. The van der Waals surface area contributed by atoms with E-state index in [2.05, 4.69) is 10.6 Å². The molecule has 0 bridgehead atoms. The van der Waals surface area contributed by atoms with Gasteiger partial charge in [0.2, 0.25) is 5.91 Å². The predicted octanol–water partition coefficient (Wildman–Crippen LogP) is 2.02. The molecule has 0 radical (unpaired) electrons. The standard InChI is InChI=1S/C13H20N2O2/c1-4-14-10(2)9-13(16)15-11-5-7-12(17-3)8-6-11/h5-8,10,14H,4,9H2,1-3H3,(H,15,16). The van der Waals surface area contributed by atoms with Crippen LogP contribution < -0.4 is 15.4 Å². The number of ether oxygens (including phenoxy) is 1. The lowest BCUT2D eigenvalue weighted by molar-refractivity contribution is -0.116. The van der Waals surface area contributed by atoms with Crippen molar-refractivity contribution in [3.8, 4) is 5.75 Å². The first kappa shape index (κ1) is 13.5. The van der Waals surface area contributed by atoms with E-state index in [1.54, 1.807) is 7.11 Å². The lowest BCUT2D eigenvalue weighted by atomic mass is 10.2. The number of nitrogens with one attached hydrogen (secondary N) is 2. The van der Waals surface area contributed by atoms with Gasteiger partial charge in [0, 0.05) is 18.2 Å². The molecular formula is C13H20N2O2. The molecule has 0 aliphatic rings. The van der Waals surface area contributed by atoms with E-state index >= 15 is 0 Å². The number of hydrogen-bond acceptors (Lipinski definition) is 3. The SMILES string of the molecule is CCNC(C)CC(=O)Nc1ccc(OC)cc1. The molecule has 94 valence electrons. The molecule has 0 saturated carbocycles. The quantitative estimate of drug-likeness (QED) is 0.794. The van der Waals surface area contributed by atoms with Crippen LogP contribution in [-0.2, 0) is 4.79 Å². The van der Waals surface area contributed by atoms with Crippen molar-refractivity contribution >= 4 is 11.6 Å². The minimum Gasteiger partial charge on any atom is -0.497 e. The molecule has 0 spiro atoms. The zero-order chi connectivity index (χ0) is 12.7. The van der Waals surface area contributed by atoms with Gasteiger partial charge in [0.05, 0.1) is 7.11 Å². The molecule has 4 nitrogen and oxygen atoms in total. The van der Waals surface area contributed by atoms with Crippen LogP contribution in [0, 0.1) is 0 Å². The van der Waals surface area contributed by atoms with Crippen LogP contribution in [0.1, 0.15) is 20.3 Å². The molecule has 2 N–H and O–H groups in total. The molecule has 4 heteroatoms. The van der Waals surface area contributed by atoms with Crippen LogP contribution in [0.15, 0.2) is 24.3 Å². The summed E-state index contributed by atoms with van der Waals surface area (Å²) in [5.74, 6) is 0.799. The van der Waals surface area contributed by atoms with Gasteiger partial charge in [-0.25, -0.2) is 0 Å². The Labute approximate surface area is 102 Å². The topological polar surface area (TPSA) is 50.4 Å². The molecule has 1 unspecified atom stereocenters. The highest BCUT2D eigenvalue weighted by Crippen LogP contribution is 2.15. The number of carbonyl (C=O) groups is 1. The number of benzene rings is 1. The van der Waals surface area contributed by atoms with Gasteiger partial charge < -0.3 is 15.4 Å². The molecule has 1 amide bonds. The van der Waals surface area contributed by atoms with Crippen molar-refractivity contribution in [2.45, 2.75) is 26.3 Å². The molecule has 0 aliphatic carbocycles. The molecule has 1 atom stereocenters. The Bertz CT molecular complexity index is 349. The van der Waals surface area contributed by atoms with Crippen molar-refractivity contribution in [2.75, 3.05) is 19.0 Å². The van der Waals surface area contributed by atoms with Gasteiger partial charge in [-0.1, -0.05) is 6.92 Å². The van der Waals surface area contributed by atoms with E-state index in [-0.39, 0.29) is 11.9 Å². The van der Waals surface area contributed by atoms with Crippen LogP contribution >= 0.6 is 0 Å². The van der Waals surface area contributed by atoms with Gasteiger partial charge in [0.1, 0.15) is 5.75 Å². The Morgan fingerprint density at radius 3 is 2.53 bits per heavy atom. The van der Waals surface area contributed by atoms with Crippen molar-refractivity contribution in [1.82, 2.24) is 5.32 Å². The van der Waals surface area contributed by atoms with E-state index in [4.69, 9.17) is 4.74 Å².